The van der Waals surface area contributed by atoms with Gasteiger partial charge in [0.2, 0.25) is 5.95 Å². The van der Waals surface area contributed by atoms with Gasteiger partial charge < -0.3 is 16.0 Å². The number of nitrogen functional groups attached to an aromatic ring is 1. The maximum Gasteiger partial charge on any atom is 0.225 e. The molecule has 0 aromatic carbocycles. The second-order valence-corrected chi connectivity index (χ2v) is 5.58. The fraction of sp³-hybridized carbons (Fsp3) is 0.636. The lowest BCUT2D eigenvalue weighted by atomic mass is 9.75. The van der Waals surface area contributed by atoms with Gasteiger partial charge in [-0.05, 0) is 49.3 Å². The predicted molar refractivity (Wildman–Crippen MR) is 72.9 cm³/mol. The van der Waals surface area contributed by atoms with Crippen LogP contribution in [0.3, 0.4) is 0 Å². The van der Waals surface area contributed by atoms with E-state index in [4.69, 9.17) is 5.73 Å². The Hall–Kier alpha value is -0.880. The monoisotopic (exact) mass is 299 g/mol. The van der Waals surface area contributed by atoms with E-state index in [-0.39, 0.29) is 5.54 Å². The summed E-state index contributed by atoms with van der Waals surface area (Å²) in [7, 11) is 4.24. The van der Waals surface area contributed by atoms with E-state index in [1.165, 1.54) is 19.3 Å². The highest BCUT2D eigenvalue weighted by Crippen LogP contribution is 2.36. The van der Waals surface area contributed by atoms with E-state index in [0.29, 0.717) is 16.4 Å². The first kappa shape index (κ1) is 12.6. The smallest absolute Gasteiger partial charge is 0.225 e. The lowest BCUT2D eigenvalue weighted by Crippen LogP contribution is -2.54. The highest BCUT2D eigenvalue weighted by atomic mass is 79.9. The summed E-state index contributed by atoms with van der Waals surface area (Å²) in [6.45, 7) is 0.857. The zero-order chi connectivity index (χ0) is 12.5. The van der Waals surface area contributed by atoms with Gasteiger partial charge in [0, 0.05) is 18.2 Å². The van der Waals surface area contributed by atoms with Crippen LogP contribution in [0, 0.1) is 0 Å². The Labute approximate surface area is 110 Å². The van der Waals surface area contributed by atoms with Gasteiger partial charge in [-0.25, -0.2) is 4.98 Å². The van der Waals surface area contributed by atoms with E-state index >= 15 is 0 Å². The molecule has 5 nitrogen and oxygen atoms in total. The van der Waals surface area contributed by atoms with E-state index in [1.807, 2.05) is 0 Å². The van der Waals surface area contributed by atoms with Crippen molar-refractivity contribution in [1.29, 1.82) is 0 Å². The molecule has 0 aliphatic heterocycles. The van der Waals surface area contributed by atoms with Crippen LogP contribution in [0.2, 0.25) is 0 Å². The number of likely N-dealkylation sites (N-methyl/N-ethyl adjacent to an activating group) is 1. The van der Waals surface area contributed by atoms with Crippen molar-refractivity contribution in [3.8, 4) is 0 Å². The van der Waals surface area contributed by atoms with E-state index in [2.05, 4.69) is 50.2 Å². The molecule has 0 bridgehead atoms. The van der Waals surface area contributed by atoms with Gasteiger partial charge >= 0.3 is 0 Å². The van der Waals surface area contributed by atoms with Crippen molar-refractivity contribution in [3.63, 3.8) is 0 Å². The average molecular weight is 300 g/mol. The van der Waals surface area contributed by atoms with Gasteiger partial charge in [-0.15, -0.1) is 0 Å². The molecule has 0 spiro atoms. The minimum absolute atomic E-state index is 0.250. The Balaban J connectivity index is 2.02. The first-order valence-corrected chi connectivity index (χ1v) is 6.52. The molecule has 17 heavy (non-hydrogen) atoms. The van der Waals surface area contributed by atoms with Crippen LogP contribution in [0.15, 0.2) is 10.7 Å². The lowest BCUT2D eigenvalue weighted by molar-refractivity contribution is 0.0737. The largest absolute Gasteiger partial charge is 0.383 e. The first-order chi connectivity index (χ1) is 8.02. The quantitative estimate of drug-likeness (QED) is 0.829. The summed E-state index contributed by atoms with van der Waals surface area (Å²) in [6, 6.07) is 1.69. The van der Waals surface area contributed by atoms with Gasteiger partial charge in [-0.2, -0.15) is 4.98 Å². The Morgan fingerprint density at radius 3 is 2.65 bits per heavy atom. The summed E-state index contributed by atoms with van der Waals surface area (Å²) in [4.78, 5) is 10.7. The number of halogens is 1. The van der Waals surface area contributed by atoms with Crippen molar-refractivity contribution in [3.05, 3.63) is 10.7 Å². The number of hydrogen-bond acceptors (Lipinski definition) is 5. The van der Waals surface area contributed by atoms with Crippen molar-refractivity contribution in [2.45, 2.75) is 24.8 Å². The van der Waals surface area contributed by atoms with Gasteiger partial charge in [0.15, 0.2) is 0 Å². The van der Waals surface area contributed by atoms with Crippen LogP contribution in [0.5, 0.6) is 0 Å². The third-order valence-electron chi connectivity index (χ3n) is 3.52. The molecule has 0 radical (unpaired) electrons. The number of nitrogens with zero attached hydrogens (tertiary/aromatic N) is 3. The summed E-state index contributed by atoms with van der Waals surface area (Å²) < 4.78 is 0.708. The maximum atomic E-state index is 5.67. The molecule has 1 saturated carbocycles. The fourth-order valence-electron chi connectivity index (χ4n) is 2.12. The predicted octanol–water partition coefficient (Wildman–Crippen LogP) is 1.72. The van der Waals surface area contributed by atoms with Crippen LogP contribution in [0.1, 0.15) is 19.3 Å². The third-order valence-corrected chi connectivity index (χ3v) is 3.93. The molecule has 1 aromatic heterocycles. The molecule has 0 atom stereocenters. The van der Waals surface area contributed by atoms with Crippen LogP contribution in [0.4, 0.5) is 11.8 Å². The van der Waals surface area contributed by atoms with Crippen molar-refractivity contribution >= 4 is 27.7 Å². The molecular formula is C11H18BrN5. The van der Waals surface area contributed by atoms with Gasteiger partial charge in [0.05, 0.1) is 0 Å². The Morgan fingerprint density at radius 2 is 2.18 bits per heavy atom. The van der Waals surface area contributed by atoms with Crippen LogP contribution in [0.25, 0.3) is 0 Å². The van der Waals surface area contributed by atoms with Gasteiger partial charge in [0.25, 0.3) is 0 Å². The topological polar surface area (TPSA) is 67.1 Å². The molecule has 1 aliphatic rings. The van der Waals surface area contributed by atoms with E-state index < -0.39 is 0 Å². The summed E-state index contributed by atoms with van der Waals surface area (Å²) in [5, 5.41) is 3.28. The molecule has 2 rings (SSSR count). The molecule has 0 saturated heterocycles. The molecule has 1 aliphatic carbocycles. The van der Waals surface area contributed by atoms with Gasteiger partial charge in [-0.3, -0.25) is 0 Å². The number of nitrogens with one attached hydrogen (secondary N) is 1. The summed E-state index contributed by atoms with van der Waals surface area (Å²) in [5.74, 6) is 1.06. The zero-order valence-corrected chi connectivity index (χ0v) is 11.8. The molecule has 1 fully saturated rings. The average Bonchev–Trinajstić information content (AvgIpc) is 2.13. The second kappa shape index (κ2) is 4.78. The molecule has 0 amide bonds. The van der Waals surface area contributed by atoms with Crippen LogP contribution >= 0.6 is 15.9 Å². The molecule has 6 heteroatoms. The second-order valence-electron chi connectivity index (χ2n) is 4.77. The normalized spacial score (nSPS) is 17.9. The minimum atomic E-state index is 0.250. The van der Waals surface area contributed by atoms with E-state index in [1.54, 1.807) is 6.07 Å². The molecule has 1 heterocycles. The highest BCUT2D eigenvalue weighted by Gasteiger charge is 2.38. The minimum Gasteiger partial charge on any atom is -0.383 e. The van der Waals surface area contributed by atoms with Crippen molar-refractivity contribution in [1.82, 2.24) is 14.9 Å². The number of hydrogen-bond donors (Lipinski definition) is 2. The Kier molecular flexibility index (Phi) is 3.53. The SMILES string of the molecule is CN(C)C1(CNc2nc(N)cc(Br)n2)CCC1. The van der Waals surface area contributed by atoms with Crippen LogP contribution in [-0.4, -0.2) is 41.0 Å². The van der Waals surface area contributed by atoms with Gasteiger partial charge in [-0.1, -0.05) is 0 Å². The van der Waals surface area contributed by atoms with E-state index in [9.17, 15) is 0 Å². The summed E-state index contributed by atoms with van der Waals surface area (Å²) in [6.07, 6.45) is 3.73. The van der Waals surface area contributed by atoms with Crippen molar-refractivity contribution in [2.75, 3.05) is 31.7 Å². The number of anilines is 2. The molecule has 94 valence electrons. The van der Waals surface area contributed by atoms with Crippen LogP contribution in [-0.2, 0) is 0 Å². The molecular weight excluding hydrogens is 282 g/mol. The molecule has 3 N–H and O–H groups in total. The Morgan fingerprint density at radius 1 is 1.47 bits per heavy atom. The van der Waals surface area contributed by atoms with Crippen molar-refractivity contribution < 1.29 is 0 Å². The Bertz CT molecular complexity index is 383. The van der Waals surface area contributed by atoms with E-state index in [0.717, 1.165) is 6.54 Å². The first-order valence-electron chi connectivity index (χ1n) is 5.73. The molecule has 0 unspecified atom stereocenters. The van der Waals surface area contributed by atoms with Gasteiger partial charge in [0.1, 0.15) is 10.4 Å². The maximum absolute atomic E-state index is 5.67. The summed E-state index contributed by atoms with van der Waals surface area (Å²) >= 11 is 3.31. The third kappa shape index (κ3) is 2.69. The van der Waals surface area contributed by atoms with Crippen molar-refractivity contribution in [2.24, 2.45) is 0 Å². The summed E-state index contributed by atoms with van der Waals surface area (Å²) in [5.41, 5.74) is 5.92. The number of nitrogens with two attached hydrogens (primary N) is 1. The number of rotatable bonds is 4. The lowest BCUT2D eigenvalue weighted by Gasteiger charge is -2.47. The fourth-order valence-corrected chi connectivity index (χ4v) is 2.53. The molecule has 1 aromatic rings. The standard InChI is InChI=1S/C11H18BrN5/c1-17(2)11(4-3-5-11)7-14-10-15-8(12)6-9(13)16-10/h6H,3-5,7H2,1-2H3,(H3,13,14,15,16). The highest BCUT2D eigenvalue weighted by molar-refractivity contribution is 9.10. The number of aromatic nitrogens is 2. The zero-order valence-electron chi connectivity index (χ0n) is 10.2. The van der Waals surface area contributed by atoms with Crippen LogP contribution < -0.4 is 11.1 Å².